The molecular formula is C30H35FN8O2. The molecule has 0 unspecified atom stereocenters. The van der Waals surface area contributed by atoms with E-state index < -0.39 is 5.95 Å². The molecule has 11 heteroatoms. The molecule has 214 valence electrons. The number of aryl methyl sites for hydroxylation is 1. The molecule has 3 aromatic rings. The maximum atomic E-state index is 14.8. The first-order chi connectivity index (χ1) is 19.9. The Balaban J connectivity index is 1.39. The van der Waals surface area contributed by atoms with Gasteiger partial charge in [0.1, 0.15) is 18.2 Å². The molecule has 10 nitrogen and oxygen atoms in total. The Morgan fingerprint density at radius 1 is 1.22 bits per heavy atom. The van der Waals surface area contributed by atoms with Crippen LogP contribution in [-0.2, 0) is 17.8 Å². The zero-order chi connectivity index (χ0) is 28.7. The molecule has 1 aromatic carbocycles. The Bertz CT molecular complexity index is 1540. The Morgan fingerprint density at radius 3 is 2.73 bits per heavy atom. The summed E-state index contributed by atoms with van der Waals surface area (Å²) in [5.74, 6) is -0.190. The van der Waals surface area contributed by atoms with Crippen molar-refractivity contribution >= 4 is 28.2 Å². The van der Waals surface area contributed by atoms with Gasteiger partial charge in [-0.25, -0.2) is 4.98 Å². The van der Waals surface area contributed by atoms with Crippen LogP contribution in [0.15, 0.2) is 24.8 Å². The van der Waals surface area contributed by atoms with Crippen LogP contribution in [0.25, 0.3) is 10.9 Å². The number of nitriles is 1. The van der Waals surface area contributed by atoms with Crippen LogP contribution in [0.2, 0.25) is 0 Å². The zero-order valence-corrected chi connectivity index (χ0v) is 23.6. The van der Waals surface area contributed by atoms with Crippen LogP contribution in [-0.4, -0.2) is 89.9 Å². The largest absolute Gasteiger partial charge is 0.475 e. The number of halogens is 1. The van der Waals surface area contributed by atoms with Gasteiger partial charge >= 0.3 is 0 Å². The highest BCUT2D eigenvalue weighted by atomic mass is 19.1. The number of piperazine rings is 1. The normalized spacial score (nSPS) is 19.4. The summed E-state index contributed by atoms with van der Waals surface area (Å²) in [4.78, 5) is 25.6. The van der Waals surface area contributed by atoms with Gasteiger partial charge in [-0.1, -0.05) is 12.6 Å². The molecule has 5 heterocycles. The molecular weight excluding hydrogens is 523 g/mol. The lowest BCUT2D eigenvalue weighted by Gasteiger charge is -2.39. The molecule has 41 heavy (non-hydrogen) atoms. The molecule has 2 saturated heterocycles. The number of fused-ring (bicyclic) bond motifs is 2. The lowest BCUT2D eigenvalue weighted by molar-refractivity contribution is -0.126. The molecule has 1 atom stereocenters. The van der Waals surface area contributed by atoms with Gasteiger partial charge < -0.3 is 24.3 Å². The second kappa shape index (κ2) is 11.0. The number of hydrogen-bond acceptors (Lipinski definition) is 8. The highest BCUT2D eigenvalue weighted by Crippen LogP contribution is 2.40. The van der Waals surface area contributed by atoms with E-state index in [4.69, 9.17) is 9.72 Å². The summed E-state index contributed by atoms with van der Waals surface area (Å²) in [5, 5.41) is 17.5. The van der Waals surface area contributed by atoms with E-state index in [2.05, 4.69) is 44.6 Å². The van der Waals surface area contributed by atoms with Crippen molar-refractivity contribution in [3.05, 3.63) is 53.1 Å². The van der Waals surface area contributed by atoms with Crippen molar-refractivity contribution in [3.8, 4) is 11.9 Å². The zero-order valence-electron chi connectivity index (χ0n) is 23.6. The van der Waals surface area contributed by atoms with Gasteiger partial charge in [0.05, 0.1) is 34.5 Å². The van der Waals surface area contributed by atoms with E-state index in [1.165, 1.54) is 6.08 Å². The van der Waals surface area contributed by atoms with Crippen LogP contribution in [0.5, 0.6) is 5.88 Å². The van der Waals surface area contributed by atoms with Gasteiger partial charge in [-0.2, -0.15) is 14.8 Å². The summed E-state index contributed by atoms with van der Waals surface area (Å²) in [6.45, 7) is 10.4. The minimum atomic E-state index is -0.449. The highest BCUT2D eigenvalue weighted by molar-refractivity contribution is 5.94. The summed E-state index contributed by atoms with van der Waals surface area (Å²) in [5.41, 5.74) is 5.48. The topological polar surface area (TPSA) is 105 Å². The Hall–Kier alpha value is -4.17. The molecule has 0 bridgehead atoms. The second-order valence-corrected chi connectivity index (χ2v) is 11.1. The Morgan fingerprint density at radius 2 is 2.02 bits per heavy atom. The second-order valence-electron chi connectivity index (χ2n) is 11.1. The van der Waals surface area contributed by atoms with E-state index in [0.717, 1.165) is 47.6 Å². The number of likely N-dealkylation sites (N-methyl/N-ethyl adjacent to an activating group) is 1. The standard InChI is InChI=1S/C30H35FN8O2/c1-4-25(40)37-12-14-38(15-13-37)28-21-9-11-39(27-19(2)7-8-23-26(27)29(31)35-34-23)17-24(21)33-30(22(28)16-32)41-18-20-6-5-10-36(20)3/h4,7-8,20H,1,5-6,9-15,17-18H2,2-3H3,(H,34,35)/t20-/m0/s1. The monoisotopic (exact) mass is 558 g/mol. The molecule has 3 aliphatic heterocycles. The van der Waals surface area contributed by atoms with Crippen molar-refractivity contribution in [1.29, 1.82) is 5.26 Å². The molecule has 2 aromatic heterocycles. The number of nitrogens with zero attached hydrogens (tertiary/aromatic N) is 7. The number of likely N-dealkylation sites (tertiary alicyclic amines) is 1. The quantitative estimate of drug-likeness (QED) is 0.460. The Kier molecular flexibility index (Phi) is 7.26. The van der Waals surface area contributed by atoms with Crippen LogP contribution < -0.4 is 14.5 Å². The van der Waals surface area contributed by atoms with Gasteiger partial charge in [-0.05, 0) is 57.5 Å². The number of rotatable bonds is 6. The number of aromatic amines is 1. The highest BCUT2D eigenvalue weighted by Gasteiger charge is 2.33. The number of benzene rings is 1. The predicted octanol–water partition coefficient (Wildman–Crippen LogP) is 3.15. The fraction of sp³-hybridized carbons (Fsp3) is 0.467. The van der Waals surface area contributed by atoms with Crippen LogP contribution >= 0.6 is 0 Å². The van der Waals surface area contributed by atoms with Crippen LogP contribution in [0.4, 0.5) is 15.8 Å². The van der Waals surface area contributed by atoms with E-state index in [1.807, 2.05) is 19.1 Å². The van der Waals surface area contributed by atoms with E-state index in [1.54, 1.807) is 4.90 Å². The smallest absolute Gasteiger partial charge is 0.246 e. The minimum Gasteiger partial charge on any atom is -0.475 e. The van der Waals surface area contributed by atoms with Crippen molar-refractivity contribution in [1.82, 2.24) is 25.0 Å². The van der Waals surface area contributed by atoms with Gasteiger partial charge in [-0.15, -0.1) is 0 Å². The minimum absolute atomic E-state index is 0.0849. The third-order valence-electron chi connectivity index (χ3n) is 8.74. The van der Waals surface area contributed by atoms with Crippen molar-refractivity contribution in [2.45, 2.75) is 38.8 Å². The lowest BCUT2D eigenvalue weighted by Crippen LogP contribution is -2.49. The average Bonchev–Trinajstić information content (AvgIpc) is 3.58. The van der Waals surface area contributed by atoms with Crippen molar-refractivity contribution < 1.29 is 13.9 Å². The lowest BCUT2D eigenvalue weighted by atomic mass is 9.97. The third-order valence-corrected chi connectivity index (χ3v) is 8.74. The first-order valence-electron chi connectivity index (χ1n) is 14.2. The summed E-state index contributed by atoms with van der Waals surface area (Å²) < 4.78 is 21.2. The summed E-state index contributed by atoms with van der Waals surface area (Å²) >= 11 is 0. The number of carbonyl (C=O) groups excluding carboxylic acids is 1. The van der Waals surface area contributed by atoms with Crippen molar-refractivity contribution in [3.63, 3.8) is 0 Å². The molecule has 0 spiro atoms. The molecule has 0 aliphatic carbocycles. The van der Waals surface area contributed by atoms with E-state index >= 15 is 0 Å². The average molecular weight is 559 g/mol. The molecule has 3 aliphatic rings. The number of hydrogen-bond donors (Lipinski definition) is 1. The predicted molar refractivity (Wildman–Crippen MR) is 155 cm³/mol. The van der Waals surface area contributed by atoms with Crippen LogP contribution in [0.3, 0.4) is 0 Å². The molecule has 0 radical (unpaired) electrons. The number of amides is 1. The fourth-order valence-electron chi connectivity index (χ4n) is 6.49. The van der Waals surface area contributed by atoms with Crippen LogP contribution in [0.1, 0.15) is 35.2 Å². The number of H-pyrrole nitrogens is 1. The number of aromatic nitrogens is 3. The van der Waals surface area contributed by atoms with E-state index in [9.17, 15) is 14.4 Å². The van der Waals surface area contributed by atoms with Gasteiger partial charge in [-0.3, -0.25) is 9.89 Å². The first-order valence-corrected chi connectivity index (χ1v) is 14.2. The molecule has 1 N–H and O–H groups in total. The number of nitrogens with one attached hydrogen (secondary N) is 1. The summed E-state index contributed by atoms with van der Waals surface area (Å²) in [7, 11) is 2.10. The molecule has 2 fully saturated rings. The van der Waals surface area contributed by atoms with Crippen molar-refractivity contribution in [2.75, 3.05) is 62.7 Å². The van der Waals surface area contributed by atoms with Crippen LogP contribution in [0, 0.1) is 24.2 Å². The maximum Gasteiger partial charge on any atom is 0.246 e. The first kappa shape index (κ1) is 27.0. The van der Waals surface area contributed by atoms with Gasteiger partial charge in [0, 0.05) is 44.3 Å². The maximum absolute atomic E-state index is 14.8. The fourth-order valence-corrected chi connectivity index (χ4v) is 6.49. The van der Waals surface area contributed by atoms with E-state index in [0.29, 0.717) is 74.6 Å². The van der Waals surface area contributed by atoms with E-state index in [-0.39, 0.29) is 11.9 Å². The SMILES string of the molecule is C=CC(=O)N1CCN(c2c(C#N)c(OC[C@@H]3CCCN3C)nc3c2CCN(c2c(C)ccc4n[nH]c(F)c24)C3)CC1. The summed E-state index contributed by atoms with van der Waals surface area (Å²) in [6, 6.07) is 6.47. The number of anilines is 2. The van der Waals surface area contributed by atoms with Gasteiger partial charge in [0.15, 0.2) is 0 Å². The number of carbonyl (C=O) groups is 1. The van der Waals surface area contributed by atoms with Crippen molar-refractivity contribution in [2.24, 2.45) is 0 Å². The van der Waals surface area contributed by atoms with Gasteiger partial charge in [0.25, 0.3) is 0 Å². The molecule has 6 rings (SSSR count). The number of ether oxygens (including phenoxy) is 1. The number of pyridine rings is 1. The summed E-state index contributed by atoms with van der Waals surface area (Å²) in [6.07, 6.45) is 4.15. The molecule has 1 amide bonds. The third kappa shape index (κ3) is 4.86. The van der Waals surface area contributed by atoms with Gasteiger partial charge in [0.2, 0.25) is 17.7 Å². The Labute approximate surface area is 239 Å². The molecule has 0 saturated carbocycles.